The van der Waals surface area contributed by atoms with E-state index in [1.165, 1.54) is 5.56 Å². The zero-order valence-electron chi connectivity index (χ0n) is 14.8. The molecule has 1 atom stereocenters. The van der Waals surface area contributed by atoms with Crippen molar-refractivity contribution in [3.05, 3.63) is 48.0 Å². The van der Waals surface area contributed by atoms with Crippen LogP contribution in [0.3, 0.4) is 0 Å². The fourth-order valence-corrected chi connectivity index (χ4v) is 3.29. The average molecular weight is 343 g/mol. The van der Waals surface area contributed by atoms with E-state index < -0.39 is 5.60 Å². The van der Waals surface area contributed by atoms with Gasteiger partial charge in [0, 0.05) is 45.3 Å². The minimum absolute atomic E-state index is 0.117. The molecule has 1 fully saturated rings. The molecule has 0 aromatic carbocycles. The van der Waals surface area contributed by atoms with Crippen LogP contribution >= 0.6 is 0 Å². The van der Waals surface area contributed by atoms with Gasteiger partial charge in [-0.05, 0) is 36.7 Å². The SMILES string of the molecule is CCN(Cc1ccncc1)C[C@]1(O)CCN(C(=O)c2ccn(C)n2)C1. The van der Waals surface area contributed by atoms with Crippen LogP contribution in [-0.2, 0) is 13.6 Å². The number of rotatable bonds is 6. The summed E-state index contributed by atoms with van der Waals surface area (Å²) in [5, 5.41) is 15.1. The molecule has 0 saturated carbocycles. The van der Waals surface area contributed by atoms with Crippen molar-refractivity contribution in [3.63, 3.8) is 0 Å². The molecule has 0 radical (unpaired) electrons. The summed E-state index contributed by atoms with van der Waals surface area (Å²) >= 11 is 0. The number of amides is 1. The van der Waals surface area contributed by atoms with Gasteiger partial charge in [0.2, 0.25) is 0 Å². The summed E-state index contributed by atoms with van der Waals surface area (Å²) in [5.74, 6) is -0.117. The third kappa shape index (κ3) is 4.24. The second-order valence-corrected chi connectivity index (χ2v) is 6.73. The Kier molecular flexibility index (Phi) is 5.15. The number of likely N-dealkylation sites (N-methyl/N-ethyl adjacent to an activating group) is 1. The molecule has 2 aromatic rings. The summed E-state index contributed by atoms with van der Waals surface area (Å²) in [6, 6.07) is 5.68. The van der Waals surface area contributed by atoms with Crippen LogP contribution in [0.1, 0.15) is 29.4 Å². The first-order chi connectivity index (χ1) is 12.0. The quantitative estimate of drug-likeness (QED) is 0.844. The number of nitrogens with zero attached hydrogens (tertiary/aromatic N) is 5. The zero-order chi connectivity index (χ0) is 17.9. The Balaban J connectivity index is 1.61. The molecule has 1 saturated heterocycles. The van der Waals surface area contributed by atoms with Gasteiger partial charge in [0.25, 0.3) is 5.91 Å². The molecular formula is C18H25N5O2. The fraction of sp³-hybridized carbons (Fsp3) is 0.500. The second-order valence-electron chi connectivity index (χ2n) is 6.73. The molecule has 2 aromatic heterocycles. The van der Waals surface area contributed by atoms with Crippen LogP contribution in [0.5, 0.6) is 0 Å². The van der Waals surface area contributed by atoms with E-state index in [0.29, 0.717) is 31.7 Å². The van der Waals surface area contributed by atoms with Crippen LogP contribution < -0.4 is 0 Å². The number of aryl methyl sites for hydroxylation is 1. The van der Waals surface area contributed by atoms with Gasteiger partial charge in [-0.1, -0.05) is 6.92 Å². The molecule has 1 amide bonds. The molecule has 0 spiro atoms. The second kappa shape index (κ2) is 7.33. The third-order valence-corrected chi connectivity index (χ3v) is 4.67. The topological polar surface area (TPSA) is 74.5 Å². The van der Waals surface area contributed by atoms with Crippen LogP contribution in [0.4, 0.5) is 0 Å². The summed E-state index contributed by atoms with van der Waals surface area (Å²) in [6.45, 7) is 5.11. The Morgan fingerprint density at radius 3 is 2.76 bits per heavy atom. The van der Waals surface area contributed by atoms with Crippen molar-refractivity contribution in [2.45, 2.75) is 25.5 Å². The number of aromatic nitrogens is 3. The maximum absolute atomic E-state index is 12.5. The molecule has 7 nitrogen and oxygen atoms in total. The molecule has 7 heteroatoms. The van der Waals surface area contributed by atoms with Gasteiger partial charge in [-0.15, -0.1) is 0 Å². The number of aliphatic hydroxyl groups is 1. The van der Waals surface area contributed by atoms with Crippen molar-refractivity contribution in [2.75, 3.05) is 26.2 Å². The highest BCUT2D eigenvalue weighted by Gasteiger charge is 2.39. The smallest absolute Gasteiger partial charge is 0.274 e. The molecule has 0 aliphatic carbocycles. The van der Waals surface area contributed by atoms with Gasteiger partial charge in [0.1, 0.15) is 5.69 Å². The van der Waals surface area contributed by atoms with Gasteiger partial charge < -0.3 is 10.0 Å². The summed E-state index contributed by atoms with van der Waals surface area (Å²) in [4.78, 5) is 20.4. The van der Waals surface area contributed by atoms with Crippen molar-refractivity contribution < 1.29 is 9.90 Å². The molecule has 3 heterocycles. The van der Waals surface area contributed by atoms with E-state index in [-0.39, 0.29) is 5.91 Å². The Bertz CT molecular complexity index is 717. The highest BCUT2D eigenvalue weighted by molar-refractivity contribution is 5.92. The standard InChI is InChI=1S/C18H25N5O2/c1-3-22(12-15-4-8-19-9-5-15)13-18(25)7-11-23(14-18)17(24)16-6-10-21(2)20-16/h4-6,8-10,25H,3,7,11-14H2,1-2H3/t18-/m1/s1. The molecule has 0 bridgehead atoms. The van der Waals surface area contributed by atoms with Gasteiger partial charge in [-0.25, -0.2) is 0 Å². The highest BCUT2D eigenvalue weighted by atomic mass is 16.3. The van der Waals surface area contributed by atoms with E-state index in [1.54, 1.807) is 41.3 Å². The monoisotopic (exact) mass is 343 g/mol. The summed E-state index contributed by atoms with van der Waals surface area (Å²) in [6.07, 6.45) is 5.89. The van der Waals surface area contributed by atoms with Crippen molar-refractivity contribution in [2.24, 2.45) is 7.05 Å². The van der Waals surface area contributed by atoms with Crippen LogP contribution in [0.2, 0.25) is 0 Å². The van der Waals surface area contributed by atoms with Gasteiger partial charge in [0.15, 0.2) is 0 Å². The summed E-state index contributed by atoms with van der Waals surface area (Å²) in [7, 11) is 1.79. The van der Waals surface area contributed by atoms with E-state index in [2.05, 4.69) is 21.9 Å². The maximum Gasteiger partial charge on any atom is 0.274 e. The number of hydrogen-bond acceptors (Lipinski definition) is 5. The largest absolute Gasteiger partial charge is 0.387 e. The van der Waals surface area contributed by atoms with Gasteiger partial charge in [-0.3, -0.25) is 19.4 Å². The number of hydrogen-bond donors (Lipinski definition) is 1. The van der Waals surface area contributed by atoms with E-state index >= 15 is 0 Å². The normalized spacial score (nSPS) is 20.4. The number of pyridine rings is 1. The molecule has 1 aliphatic rings. The van der Waals surface area contributed by atoms with E-state index in [1.807, 2.05) is 12.1 Å². The predicted molar refractivity (Wildman–Crippen MR) is 93.9 cm³/mol. The highest BCUT2D eigenvalue weighted by Crippen LogP contribution is 2.24. The molecule has 25 heavy (non-hydrogen) atoms. The lowest BCUT2D eigenvalue weighted by Crippen LogP contribution is -2.45. The van der Waals surface area contributed by atoms with E-state index in [0.717, 1.165) is 13.1 Å². The van der Waals surface area contributed by atoms with Crippen LogP contribution in [0.15, 0.2) is 36.8 Å². The third-order valence-electron chi connectivity index (χ3n) is 4.67. The van der Waals surface area contributed by atoms with E-state index in [4.69, 9.17) is 0 Å². The lowest BCUT2D eigenvalue weighted by molar-refractivity contribution is 0.0107. The lowest BCUT2D eigenvalue weighted by Gasteiger charge is -2.30. The fourth-order valence-electron chi connectivity index (χ4n) is 3.29. The zero-order valence-corrected chi connectivity index (χ0v) is 14.8. The molecule has 134 valence electrons. The molecular weight excluding hydrogens is 318 g/mol. The Morgan fingerprint density at radius 1 is 1.36 bits per heavy atom. The van der Waals surface area contributed by atoms with Gasteiger partial charge in [0.05, 0.1) is 12.1 Å². The van der Waals surface area contributed by atoms with Crippen molar-refractivity contribution in [1.82, 2.24) is 24.6 Å². The summed E-state index contributed by atoms with van der Waals surface area (Å²) in [5.41, 5.74) is 0.712. The number of β-amino-alcohol motifs (C(OH)–C–C–N with tert-alkyl or cyclic N) is 1. The minimum atomic E-state index is -0.881. The Morgan fingerprint density at radius 2 is 2.12 bits per heavy atom. The number of carbonyl (C=O) groups excluding carboxylic acids is 1. The first kappa shape index (κ1) is 17.6. The van der Waals surface area contributed by atoms with E-state index in [9.17, 15) is 9.90 Å². The molecule has 0 unspecified atom stereocenters. The van der Waals surface area contributed by atoms with Crippen LogP contribution in [0.25, 0.3) is 0 Å². The lowest BCUT2D eigenvalue weighted by atomic mass is 10.0. The van der Waals surface area contributed by atoms with Gasteiger partial charge >= 0.3 is 0 Å². The molecule has 1 N–H and O–H groups in total. The van der Waals surface area contributed by atoms with Crippen LogP contribution in [-0.4, -0.2) is 67.4 Å². The summed E-state index contributed by atoms with van der Waals surface area (Å²) < 4.78 is 1.61. The first-order valence-electron chi connectivity index (χ1n) is 8.62. The van der Waals surface area contributed by atoms with Crippen LogP contribution in [0, 0.1) is 0 Å². The predicted octanol–water partition coefficient (Wildman–Crippen LogP) is 0.914. The van der Waals surface area contributed by atoms with Crippen molar-refractivity contribution >= 4 is 5.91 Å². The number of carbonyl (C=O) groups is 1. The number of likely N-dealkylation sites (tertiary alicyclic amines) is 1. The van der Waals surface area contributed by atoms with Crippen molar-refractivity contribution in [3.8, 4) is 0 Å². The first-order valence-corrected chi connectivity index (χ1v) is 8.62. The maximum atomic E-state index is 12.5. The minimum Gasteiger partial charge on any atom is -0.387 e. The molecule has 3 rings (SSSR count). The average Bonchev–Trinajstić information content (AvgIpc) is 3.21. The van der Waals surface area contributed by atoms with Crippen molar-refractivity contribution in [1.29, 1.82) is 0 Å². The Hall–Kier alpha value is -2.25. The van der Waals surface area contributed by atoms with Gasteiger partial charge in [-0.2, -0.15) is 5.10 Å². The molecule has 1 aliphatic heterocycles. The Labute approximate surface area is 147 Å².